The van der Waals surface area contributed by atoms with E-state index in [2.05, 4.69) is 20.3 Å². The van der Waals surface area contributed by atoms with Crippen LogP contribution in [-0.4, -0.2) is 46.4 Å². The summed E-state index contributed by atoms with van der Waals surface area (Å²) in [5.74, 6) is 0.235. The Labute approximate surface area is 171 Å². The first-order valence-corrected chi connectivity index (χ1v) is 11.1. The molecule has 0 unspecified atom stereocenters. The summed E-state index contributed by atoms with van der Waals surface area (Å²) in [6.45, 7) is 1.73. The van der Waals surface area contributed by atoms with Gasteiger partial charge in [-0.05, 0) is 25.1 Å². The first kappa shape index (κ1) is 18.9. The molecule has 3 aromatic rings. The van der Waals surface area contributed by atoms with Crippen LogP contribution in [0.1, 0.15) is 11.8 Å². The molecule has 1 aliphatic heterocycles. The van der Waals surface area contributed by atoms with Crippen molar-refractivity contribution < 1.29 is 8.42 Å². The summed E-state index contributed by atoms with van der Waals surface area (Å²) >= 11 is 7.80. The van der Waals surface area contributed by atoms with Gasteiger partial charge in [-0.25, -0.2) is 17.7 Å². The number of guanidine groups is 1. The van der Waals surface area contributed by atoms with E-state index >= 15 is 0 Å². The number of aromatic amines is 1. The molecule has 4 rings (SSSR count). The molecular formula is C17H17ClN6O2S2. The topological polar surface area (TPSA) is 115 Å². The van der Waals surface area contributed by atoms with E-state index in [1.807, 2.05) is 18.2 Å². The van der Waals surface area contributed by atoms with E-state index in [9.17, 15) is 8.42 Å². The molecule has 0 aliphatic carbocycles. The molecule has 0 bridgehead atoms. The molecule has 0 spiro atoms. The van der Waals surface area contributed by atoms with Crippen molar-refractivity contribution in [2.24, 2.45) is 0 Å². The van der Waals surface area contributed by atoms with Gasteiger partial charge in [0.2, 0.25) is 16.0 Å². The number of halogens is 1. The predicted molar refractivity (Wildman–Crippen MR) is 110 cm³/mol. The highest BCUT2D eigenvalue weighted by Crippen LogP contribution is 2.41. The van der Waals surface area contributed by atoms with Gasteiger partial charge in [0.25, 0.3) is 0 Å². The van der Waals surface area contributed by atoms with Crippen molar-refractivity contribution in [3.63, 3.8) is 0 Å². The Morgan fingerprint density at radius 3 is 2.82 bits per heavy atom. The number of hydrogen-bond donors (Lipinski definition) is 3. The van der Waals surface area contributed by atoms with Crippen molar-refractivity contribution >= 4 is 38.9 Å². The number of thiophene rings is 1. The Hall–Kier alpha value is -2.43. The molecule has 1 atom stereocenters. The van der Waals surface area contributed by atoms with Crippen molar-refractivity contribution in [2.75, 3.05) is 12.8 Å². The molecule has 1 fully saturated rings. The van der Waals surface area contributed by atoms with Crippen molar-refractivity contribution in [3.05, 3.63) is 46.6 Å². The van der Waals surface area contributed by atoms with Crippen LogP contribution in [-0.2, 0) is 15.6 Å². The highest BCUT2D eigenvalue weighted by molar-refractivity contribution is 7.89. The minimum Gasteiger partial charge on any atom is -0.344 e. The summed E-state index contributed by atoms with van der Waals surface area (Å²) in [4.78, 5) is 13.3. The van der Waals surface area contributed by atoms with Crippen molar-refractivity contribution in [2.45, 2.75) is 12.5 Å². The third-order valence-corrected chi connectivity index (χ3v) is 8.31. The number of aromatic nitrogens is 3. The van der Waals surface area contributed by atoms with Crippen LogP contribution in [0.2, 0.25) is 5.02 Å². The second-order valence-corrected chi connectivity index (χ2v) is 10.1. The first-order valence-electron chi connectivity index (χ1n) is 8.29. The molecule has 3 N–H and O–H groups in total. The third kappa shape index (κ3) is 3.17. The minimum absolute atomic E-state index is 0.185. The molecule has 4 heterocycles. The Morgan fingerprint density at radius 1 is 1.36 bits per heavy atom. The molecule has 3 aromatic heterocycles. The molecule has 0 radical (unpaired) electrons. The Balaban J connectivity index is 1.70. The van der Waals surface area contributed by atoms with Gasteiger partial charge in [-0.1, -0.05) is 17.7 Å². The molecule has 1 aliphatic rings. The summed E-state index contributed by atoms with van der Waals surface area (Å²) in [5, 5.41) is 11.4. The average molecular weight is 437 g/mol. The molecule has 0 saturated carbocycles. The first-order chi connectivity index (χ1) is 13.2. The Kier molecular flexibility index (Phi) is 4.44. The van der Waals surface area contributed by atoms with Crippen LogP contribution < -0.4 is 5.32 Å². The van der Waals surface area contributed by atoms with E-state index in [1.54, 1.807) is 25.4 Å². The van der Waals surface area contributed by atoms with E-state index in [1.165, 1.54) is 18.4 Å². The van der Waals surface area contributed by atoms with Gasteiger partial charge >= 0.3 is 0 Å². The lowest BCUT2D eigenvalue weighted by molar-refractivity contribution is 0.424. The zero-order valence-electron chi connectivity index (χ0n) is 15.0. The number of sulfonamides is 1. The molecule has 11 heteroatoms. The Morgan fingerprint density at radius 2 is 2.14 bits per heavy atom. The smallest absolute Gasteiger partial charge is 0.239 e. The van der Waals surface area contributed by atoms with Gasteiger partial charge in [-0.2, -0.15) is 0 Å². The lowest BCUT2D eigenvalue weighted by Crippen LogP contribution is -2.60. The molecule has 8 nitrogen and oxygen atoms in total. The Bertz CT molecular complexity index is 1160. The van der Waals surface area contributed by atoms with Crippen molar-refractivity contribution in [1.82, 2.24) is 24.6 Å². The van der Waals surface area contributed by atoms with Crippen LogP contribution >= 0.6 is 22.9 Å². The van der Waals surface area contributed by atoms with Gasteiger partial charge in [0.05, 0.1) is 43.7 Å². The second-order valence-electron chi connectivity index (χ2n) is 6.68. The van der Waals surface area contributed by atoms with Gasteiger partial charge in [-0.15, -0.1) is 11.3 Å². The van der Waals surface area contributed by atoms with E-state index in [4.69, 9.17) is 17.0 Å². The molecule has 146 valence electrons. The lowest BCUT2D eigenvalue weighted by Gasteiger charge is -2.39. The number of H-pyrrole nitrogens is 1. The summed E-state index contributed by atoms with van der Waals surface area (Å²) < 4.78 is 25.8. The number of hydrogen-bond acceptors (Lipinski definition) is 6. The minimum atomic E-state index is -3.61. The zero-order chi connectivity index (χ0) is 20.1. The van der Waals surface area contributed by atoms with Crippen LogP contribution in [0.4, 0.5) is 0 Å². The summed E-state index contributed by atoms with van der Waals surface area (Å²) in [7, 11) is -2.25. The molecule has 0 aromatic carbocycles. The van der Waals surface area contributed by atoms with Gasteiger partial charge < -0.3 is 10.3 Å². The quantitative estimate of drug-likeness (QED) is 0.584. The number of imidazole rings is 1. The van der Waals surface area contributed by atoms with Gasteiger partial charge in [0.1, 0.15) is 5.82 Å². The van der Waals surface area contributed by atoms with Crippen molar-refractivity contribution in [3.8, 4) is 22.1 Å². The van der Waals surface area contributed by atoms with E-state index < -0.39 is 15.6 Å². The fourth-order valence-corrected chi connectivity index (χ4v) is 6.21. The predicted octanol–water partition coefficient (Wildman–Crippen LogP) is 2.87. The van der Waals surface area contributed by atoms with E-state index in [0.29, 0.717) is 15.7 Å². The summed E-state index contributed by atoms with van der Waals surface area (Å²) in [5.41, 5.74) is 0.543. The lowest BCUT2D eigenvalue weighted by atomic mass is 10.0. The number of pyridine rings is 1. The number of nitrogens with one attached hydrogen (secondary N) is 3. The maximum atomic E-state index is 12.4. The SMILES string of the molecule is CN1C(=N)N[C@](C)(c2sc(-c3ncc(-c4ccccn4)[nH]3)cc2Cl)CS1(=O)=O. The van der Waals surface area contributed by atoms with E-state index in [0.717, 1.165) is 20.6 Å². The largest absolute Gasteiger partial charge is 0.344 e. The average Bonchev–Trinajstić information content (AvgIpc) is 3.27. The van der Waals surface area contributed by atoms with Crippen LogP contribution in [0, 0.1) is 5.41 Å². The highest BCUT2D eigenvalue weighted by Gasteiger charge is 2.44. The van der Waals surface area contributed by atoms with Crippen LogP contribution in [0.3, 0.4) is 0 Å². The summed E-state index contributed by atoms with van der Waals surface area (Å²) in [6, 6.07) is 7.37. The molecule has 0 amide bonds. The molecular weight excluding hydrogens is 420 g/mol. The van der Waals surface area contributed by atoms with Crippen LogP contribution in [0.15, 0.2) is 36.7 Å². The second kappa shape index (κ2) is 6.57. The van der Waals surface area contributed by atoms with Crippen LogP contribution in [0.25, 0.3) is 22.1 Å². The van der Waals surface area contributed by atoms with Gasteiger partial charge in [0, 0.05) is 13.2 Å². The van der Waals surface area contributed by atoms with Crippen molar-refractivity contribution in [1.29, 1.82) is 5.41 Å². The van der Waals surface area contributed by atoms with E-state index in [-0.39, 0.29) is 11.7 Å². The summed E-state index contributed by atoms with van der Waals surface area (Å²) in [6.07, 6.45) is 3.40. The third-order valence-electron chi connectivity index (χ3n) is 4.54. The normalized spacial score (nSPS) is 21.5. The standard InChI is InChI=1S/C17H17ClN6O2S2/c1-17(9-28(25,26)24(2)16(19)23-17)14-10(18)7-13(27-14)15-21-8-12(22-15)11-5-3-4-6-20-11/h3-8H,9H2,1-2H3,(H2,19,23)(H,21,22)/t17-/m0/s1. The number of nitrogens with zero attached hydrogens (tertiary/aromatic N) is 3. The van der Waals surface area contributed by atoms with Gasteiger partial charge in [-0.3, -0.25) is 10.4 Å². The number of rotatable bonds is 3. The molecule has 28 heavy (non-hydrogen) atoms. The monoisotopic (exact) mass is 436 g/mol. The fraction of sp³-hybridized carbons (Fsp3) is 0.235. The highest BCUT2D eigenvalue weighted by atomic mass is 35.5. The van der Waals surface area contributed by atoms with Gasteiger partial charge in [0.15, 0.2) is 0 Å². The molecule has 1 saturated heterocycles. The van der Waals surface area contributed by atoms with Crippen LogP contribution in [0.5, 0.6) is 0 Å². The maximum absolute atomic E-state index is 12.4. The fourth-order valence-electron chi connectivity index (χ4n) is 3.06. The maximum Gasteiger partial charge on any atom is 0.239 e. The zero-order valence-corrected chi connectivity index (χ0v) is 17.4.